The standard InChI is InChI=1S/C26H25NO3/c1-30-26-20-12-6-5-10-18(20)14-22-25(26)24-19(15-23(28)29)11-7-13-21(24)27(22)16-17-8-3-2-4-9-17/h2-4,7-9,11,13-14H,5-6,10,12,15-16H2,1H3,(H,28,29). The maximum atomic E-state index is 11.6. The summed E-state index contributed by atoms with van der Waals surface area (Å²) in [6, 6.07) is 18.7. The van der Waals surface area contributed by atoms with Crippen molar-refractivity contribution in [2.45, 2.75) is 38.6 Å². The van der Waals surface area contributed by atoms with Crippen LogP contribution in [0.2, 0.25) is 0 Å². The van der Waals surface area contributed by atoms with Crippen molar-refractivity contribution in [1.82, 2.24) is 4.57 Å². The summed E-state index contributed by atoms with van der Waals surface area (Å²) in [5.41, 5.74) is 6.91. The average molecular weight is 399 g/mol. The van der Waals surface area contributed by atoms with Gasteiger partial charge in [0.15, 0.2) is 0 Å². The zero-order valence-corrected chi connectivity index (χ0v) is 17.1. The van der Waals surface area contributed by atoms with E-state index in [4.69, 9.17) is 4.74 Å². The van der Waals surface area contributed by atoms with Crippen molar-refractivity contribution in [3.8, 4) is 5.75 Å². The molecule has 4 heteroatoms. The van der Waals surface area contributed by atoms with Crippen molar-refractivity contribution in [3.05, 3.63) is 76.9 Å². The van der Waals surface area contributed by atoms with Crippen molar-refractivity contribution in [2.24, 2.45) is 0 Å². The third-order valence-electron chi connectivity index (χ3n) is 6.27. The Labute approximate surface area is 175 Å². The molecule has 152 valence electrons. The van der Waals surface area contributed by atoms with Crippen LogP contribution in [0, 0.1) is 0 Å². The molecule has 0 aliphatic heterocycles. The van der Waals surface area contributed by atoms with E-state index in [2.05, 4.69) is 41.0 Å². The van der Waals surface area contributed by atoms with E-state index in [-0.39, 0.29) is 6.42 Å². The molecule has 3 aromatic carbocycles. The van der Waals surface area contributed by atoms with Crippen LogP contribution in [0.15, 0.2) is 54.6 Å². The molecule has 0 unspecified atom stereocenters. The van der Waals surface area contributed by atoms with Crippen LogP contribution in [0.5, 0.6) is 5.75 Å². The van der Waals surface area contributed by atoms with Gasteiger partial charge in [0.1, 0.15) is 5.75 Å². The molecule has 0 radical (unpaired) electrons. The lowest BCUT2D eigenvalue weighted by Gasteiger charge is -2.20. The van der Waals surface area contributed by atoms with Crippen molar-refractivity contribution in [3.63, 3.8) is 0 Å². The summed E-state index contributed by atoms with van der Waals surface area (Å²) in [5, 5.41) is 11.6. The number of nitrogens with zero attached hydrogens (tertiary/aromatic N) is 1. The number of hydrogen-bond donors (Lipinski definition) is 1. The van der Waals surface area contributed by atoms with Crippen LogP contribution in [-0.4, -0.2) is 22.8 Å². The lowest BCUT2D eigenvalue weighted by molar-refractivity contribution is -0.136. The first kappa shape index (κ1) is 18.7. The number of methoxy groups -OCH3 is 1. The van der Waals surface area contributed by atoms with Gasteiger partial charge in [-0.1, -0.05) is 42.5 Å². The number of aliphatic carboxylic acids is 1. The zero-order chi connectivity index (χ0) is 20.7. The van der Waals surface area contributed by atoms with Gasteiger partial charge in [0, 0.05) is 17.4 Å². The molecule has 1 aliphatic carbocycles. The average Bonchev–Trinajstić information content (AvgIpc) is 3.06. The number of rotatable bonds is 5. The number of benzene rings is 3. The predicted octanol–water partition coefficient (Wildman–Crippen LogP) is 5.36. The molecule has 1 N–H and O–H groups in total. The van der Waals surface area contributed by atoms with E-state index >= 15 is 0 Å². The molecule has 1 aromatic heterocycles. The van der Waals surface area contributed by atoms with Crippen LogP contribution in [-0.2, 0) is 30.6 Å². The number of carboxylic acids is 1. The van der Waals surface area contributed by atoms with Gasteiger partial charge < -0.3 is 14.4 Å². The second kappa shape index (κ2) is 7.52. The summed E-state index contributed by atoms with van der Waals surface area (Å²) in [6.45, 7) is 0.735. The quantitative estimate of drug-likeness (QED) is 0.492. The summed E-state index contributed by atoms with van der Waals surface area (Å²) in [7, 11) is 1.74. The Morgan fingerprint density at radius 3 is 2.57 bits per heavy atom. The molecule has 0 bridgehead atoms. The predicted molar refractivity (Wildman–Crippen MR) is 120 cm³/mol. The highest BCUT2D eigenvalue weighted by Crippen LogP contribution is 2.43. The molecule has 0 amide bonds. The van der Waals surface area contributed by atoms with Crippen LogP contribution in [0.25, 0.3) is 21.8 Å². The molecule has 5 rings (SSSR count). The molecular weight excluding hydrogens is 374 g/mol. The van der Waals surface area contributed by atoms with Crippen LogP contribution >= 0.6 is 0 Å². The number of aromatic nitrogens is 1. The van der Waals surface area contributed by atoms with E-state index in [1.165, 1.54) is 29.5 Å². The summed E-state index contributed by atoms with van der Waals surface area (Å²) in [4.78, 5) is 11.6. The molecule has 0 saturated carbocycles. The lowest BCUT2D eigenvalue weighted by Crippen LogP contribution is -2.06. The van der Waals surface area contributed by atoms with E-state index in [1.807, 2.05) is 18.2 Å². The Morgan fingerprint density at radius 2 is 1.80 bits per heavy atom. The Balaban J connectivity index is 1.88. The van der Waals surface area contributed by atoms with Crippen molar-refractivity contribution in [2.75, 3.05) is 7.11 Å². The lowest BCUT2D eigenvalue weighted by atomic mass is 9.88. The van der Waals surface area contributed by atoms with Crippen LogP contribution in [0.3, 0.4) is 0 Å². The molecule has 1 aliphatic rings. The number of hydrogen-bond acceptors (Lipinski definition) is 2. The smallest absolute Gasteiger partial charge is 0.307 e. The van der Waals surface area contributed by atoms with Gasteiger partial charge in [-0.2, -0.15) is 0 Å². The first-order valence-electron chi connectivity index (χ1n) is 10.6. The van der Waals surface area contributed by atoms with Gasteiger partial charge in [-0.15, -0.1) is 0 Å². The maximum absolute atomic E-state index is 11.6. The van der Waals surface area contributed by atoms with Gasteiger partial charge in [0.25, 0.3) is 0 Å². The van der Waals surface area contributed by atoms with Gasteiger partial charge >= 0.3 is 5.97 Å². The minimum atomic E-state index is -0.816. The minimum absolute atomic E-state index is 0.00201. The molecule has 0 saturated heterocycles. The van der Waals surface area contributed by atoms with E-state index in [1.54, 1.807) is 7.11 Å². The van der Waals surface area contributed by atoms with Crippen LogP contribution in [0.1, 0.15) is 35.1 Å². The number of carboxylic acid groups (broad SMARTS) is 1. The maximum Gasteiger partial charge on any atom is 0.307 e. The van der Waals surface area contributed by atoms with Gasteiger partial charge in [-0.05, 0) is 60.1 Å². The fourth-order valence-corrected chi connectivity index (χ4v) is 5.01. The van der Waals surface area contributed by atoms with E-state index in [0.717, 1.165) is 52.5 Å². The van der Waals surface area contributed by atoms with Gasteiger partial charge in [0.05, 0.1) is 24.4 Å². The SMILES string of the molecule is COc1c2c(cc3c1c1c(CC(=O)O)cccc1n3Cc1ccccc1)CCCC2. The number of aryl methyl sites for hydroxylation is 1. The molecule has 0 spiro atoms. The monoisotopic (exact) mass is 399 g/mol. The molecule has 4 nitrogen and oxygen atoms in total. The topological polar surface area (TPSA) is 51.5 Å². The summed E-state index contributed by atoms with van der Waals surface area (Å²) >= 11 is 0. The molecule has 4 aromatic rings. The molecule has 30 heavy (non-hydrogen) atoms. The van der Waals surface area contributed by atoms with Gasteiger partial charge in [-0.3, -0.25) is 4.79 Å². The second-order valence-corrected chi connectivity index (χ2v) is 8.10. The van der Waals surface area contributed by atoms with E-state index < -0.39 is 5.97 Å². The second-order valence-electron chi connectivity index (χ2n) is 8.10. The molecule has 0 fully saturated rings. The highest BCUT2D eigenvalue weighted by molar-refractivity contribution is 6.14. The normalized spacial score (nSPS) is 13.5. The minimum Gasteiger partial charge on any atom is -0.496 e. The van der Waals surface area contributed by atoms with E-state index in [9.17, 15) is 9.90 Å². The number of carbonyl (C=O) groups is 1. The summed E-state index contributed by atoms with van der Waals surface area (Å²) < 4.78 is 8.32. The Hall–Kier alpha value is -3.27. The molecule has 0 atom stereocenters. The van der Waals surface area contributed by atoms with E-state index in [0.29, 0.717) is 0 Å². The molecular formula is C26H25NO3. The fourth-order valence-electron chi connectivity index (χ4n) is 5.01. The first-order valence-corrected chi connectivity index (χ1v) is 10.6. The Bertz CT molecular complexity index is 1250. The Kier molecular flexibility index (Phi) is 4.70. The number of fused-ring (bicyclic) bond motifs is 4. The van der Waals surface area contributed by atoms with Crippen molar-refractivity contribution in [1.29, 1.82) is 0 Å². The van der Waals surface area contributed by atoms with Crippen LogP contribution in [0.4, 0.5) is 0 Å². The van der Waals surface area contributed by atoms with Crippen molar-refractivity contribution < 1.29 is 14.6 Å². The largest absolute Gasteiger partial charge is 0.496 e. The van der Waals surface area contributed by atoms with Crippen molar-refractivity contribution >= 4 is 27.8 Å². The highest BCUT2D eigenvalue weighted by Gasteiger charge is 2.24. The van der Waals surface area contributed by atoms with Gasteiger partial charge in [0.2, 0.25) is 0 Å². The van der Waals surface area contributed by atoms with Crippen LogP contribution < -0.4 is 4.74 Å². The first-order chi connectivity index (χ1) is 14.7. The number of ether oxygens (including phenoxy) is 1. The third kappa shape index (κ3) is 3.04. The van der Waals surface area contributed by atoms with Gasteiger partial charge in [-0.25, -0.2) is 0 Å². The summed E-state index contributed by atoms with van der Waals surface area (Å²) in [5.74, 6) is 0.111. The Morgan fingerprint density at radius 1 is 1.00 bits per heavy atom. The summed E-state index contributed by atoms with van der Waals surface area (Å²) in [6.07, 6.45) is 4.45. The highest BCUT2D eigenvalue weighted by atomic mass is 16.5. The fraction of sp³-hybridized carbons (Fsp3) is 0.269. The third-order valence-corrected chi connectivity index (χ3v) is 6.27. The zero-order valence-electron chi connectivity index (χ0n) is 17.1. The molecule has 1 heterocycles.